The number of hydrogen-bond donors (Lipinski definition) is 3. The maximum Gasteiger partial charge on any atom is 0.0753 e. The molecule has 0 radical (unpaired) electrons. The standard InChI is InChI=1S/C10H15N3/c1-3-7-5-9-10(12-13-11-9)6-8(7)4-2/h5-6,11-13H,3-4H2,1-2H3. The van der Waals surface area contributed by atoms with Gasteiger partial charge in [-0.2, -0.15) is 0 Å². The lowest BCUT2D eigenvalue weighted by atomic mass is 10.0. The summed E-state index contributed by atoms with van der Waals surface area (Å²) in [6, 6.07) is 4.42. The van der Waals surface area contributed by atoms with Crippen molar-refractivity contribution in [2.75, 3.05) is 10.9 Å². The normalized spacial score (nSPS) is 13.4. The third-order valence-electron chi connectivity index (χ3n) is 2.50. The summed E-state index contributed by atoms with van der Waals surface area (Å²) in [6.07, 6.45) is 2.19. The molecule has 0 spiro atoms. The predicted octanol–water partition coefficient (Wildman–Crippen LogP) is 2.07. The fourth-order valence-corrected chi connectivity index (χ4v) is 1.72. The largest absolute Gasteiger partial charge is 0.302 e. The van der Waals surface area contributed by atoms with Gasteiger partial charge < -0.3 is 10.9 Å². The van der Waals surface area contributed by atoms with Crippen molar-refractivity contribution < 1.29 is 0 Å². The molecule has 1 aromatic carbocycles. The van der Waals surface area contributed by atoms with Gasteiger partial charge in [-0.1, -0.05) is 13.8 Å². The first kappa shape index (κ1) is 8.38. The van der Waals surface area contributed by atoms with Gasteiger partial charge in [0.2, 0.25) is 0 Å². The lowest BCUT2D eigenvalue weighted by Crippen LogP contribution is -2.19. The number of aryl methyl sites for hydroxylation is 2. The van der Waals surface area contributed by atoms with E-state index in [1.807, 2.05) is 0 Å². The minimum atomic E-state index is 1.10. The number of rotatable bonds is 2. The van der Waals surface area contributed by atoms with Crippen LogP contribution in [0.3, 0.4) is 0 Å². The van der Waals surface area contributed by atoms with Crippen molar-refractivity contribution in [3.05, 3.63) is 23.3 Å². The van der Waals surface area contributed by atoms with Crippen LogP contribution in [0.1, 0.15) is 25.0 Å². The second kappa shape index (κ2) is 3.26. The average Bonchev–Trinajstić information content (AvgIpc) is 2.62. The van der Waals surface area contributed by atoms with Gasteiger partial charge in [0.15, 0.2) is 0 Å². The maximum atomic E-state index is 3.07. The van der Waals surface area contributed by atoms with Crippen LogP contribution in [0, 0.1) is 0 Å². The maximum absolute atomic E-state index is 3.07. The Bertz CT molecular complexity index is 289. The van der Waals surface area contributed by atoms with Gasteiger partial charge in [0.05, 0.1) is 11.4 Å². The number of fused-ring (bicyclic) bond motifs is 1. The molecule has 0 aromatic heterocycles. The number of hydrazine groups is 2. The van der Waals surface area contributed by atoms with E-state index in [0.717, 1.165) is 24.2 Å². The Morgan fingerprint density at radius 2 is 1.38 bits per heavy atom. The van der Waals surface area contributed by atoms with E-state index in [4.69, 9.17) is 0 Å². The molecule has 0 aliphatic carbocycles. The molecule has 3 nitrogen and oxygen atoms in total. The molecule has 0 saturated heterocycles. The van der Waals surface area contributed by atoms with Crippen molar-refractivity contribution in [1.82, 2.24) is 5.53 Å². The van der Waals surface area contributed by atoms with Crippen molar-refractivity contribution in [1.29, 1.82) is 0 Å². The first-order valence-electron chi connectivity index (χ1n) is 4.78. The van der Waals surface area contributed by atoms with Gasteiger partial charge in [-0.3, -0.25) is 0 Å². The van der Waals surface area contributed by atoms with Crippen molar-refractivity contribution in [2.24, 2.45) is 0 Å². The monoisotopic (exact) mass is 177 g/mol. The molecule has 0 bridgehead atoms. The summed E-state index contributed by atoms with van der Waals surface area (Å²) in [5.74, 6) is 0. The van der Waals surface area contributed by atoms with Gasteiger partial charge in [0.25, 0.3) is 0 Å². The van der Waals surface area contributed by atoms with Gasteiger partial charge in [0.1, 0.15) is 0 Å². The van der Waals surface area contributed by atoms with E-state index in [-0.39, 0.29) is 0 Å². The first-order chi connectivity index (χ1) is 6.35. The van der Waals surface area contributed by atoms with Crippen LogP contribution in [-0.4, -0.2) is 0 Å². The van der Waals surface area contributed by atoms with Gasteiger partial charge in [-0.15, -0.1) is 5.53 Å². The van der Waals surface area contributed by atoms with Gasteiger partial charge in [-0.05, 0) is 36.1 Å². The lowest BCUT2D eigenvalue weighted by Gasteiger charge is -2.07. The van der Waals surface area contributed by atoms with Crippen LogP contribution in [0.5, 0.6) is 0 Å². The lowest BCUT2D eigenvalue weighted by molar-refractivity contribution is 1.01. The third-order valence-corrected chi connectivity index (χ3v) is 2.50. The van der Waals surface area contributed by atoms with Crippen LogP contribution in [0.4, 0.5) is 11.4 Å². The molecular formula is C10H15N3. The Morgan fingerprint density at radius 3 is 1.77 bits per heavy atom. The number of hydrogen-bond acceptors (Lipinski definition) is 3. The van der Waals surface area contributed by atoms with Crippen LogP contribution in [0.25, 0.3) is 0 Å². The van der Waals surface area contributed by atoms with E-state index in [1.54, 1.807) is 0 Å². The molecule has 13 heavy (non-hydrogen) atoms. The molecule has 0 fully saturated rings. The highest BCUT2D eigenvalue weighted by molar-refractivity contribution is 5.73. The molecule has 2 rings (SSSR count). The Kier molecular flexibility index (Phi) is 2.10. The molecule has 0 unspecified atom stereocenters. The van der Waals surface area contributed by atoms with E-state index < -0.39 is 0 Å². The van der Waals surface area contributed by atoms with Gasteiger partial charge in [0, 0.05) is 0 Å². The van der Waals surface area contributed by atoms with Crippen LogP contribution < -0.4 is 16.4 Å². The van der Waals surface area contributed by atoms with Crippen molar-refractivity contribution in [3.8, 4) is 0 Å². The van der Waals surface area contributed by atoms with Gasteiger partial charge in [-0.25, -0.2) is 0 Å². The molecule has 1 heterocycles. The summed E-state index contributed by atoms with van der Waals surface area (Å²) >= 11 is 0. The summed E-state index contributed by atoms with van der Waals surface area (Å²) < 4.78 is 0. The minimum absolute atomic E-state index is 1.10. The quantitative estimate of drug-likeness (QED) is 0.647. The fraction of sp³-hybridized carbons (Fsp3) is 0.400. The molecule has 3 heteroatoms. The highest BCUT2D eigenvalue weighted by atomic mass is 15.6. The van der Waals surface area contributed by atoms with Crippen molar-refractivity contribution in [2.45, 2.75) is 26.7 Å². The van der Waals surface area contributed by atoms with Crippen molar-refractivity contribution in [3.63, 3.8) is 0 Å². The molecule has 0 atom stereocenters. The van der Waals surface area contributed by atoms with Crippen molar-refractivity contribution >= 4 is 11.4 Å². The van der Waals surface area contributed by atoms with Crippen LogP contribution in [0.15, 0.2) is 12.1 Å². The molecule has 1 aliphatic rings. The number of nitrogens with one attached hydrogen (secondary N) is 3. The van der Waals surface area contributed by atoms with Crippen LogP contribution in [-0.2, 0) is 12.8 Å². The van der Waals surface area contributed by atoms with E-state index in [9.17, 15) is 0 Å². The Morgan fingerprint density at radius 1 is 0.923 bits per heavy atom. The highest BCUT2D eigenvalue weighted by Crippen LogP contribution is 2.28. The summed E-state index contributed by atoms with van der Waals surface area (Å²) in [6.45, 7) is 4.38. The SMILES string of the molecule is CCc1cc2c(cc1CC)NNN2. The van der Waals surface area contributed by atoms with Gasteiger partial charge >= 0.3 is 0 Å². The Labute approximate surface area is 78.5 Å². The predicted molar refractivity (Wildman–Crippen MR) is 55.6 cm³/mol. The zero-order valence-electron chi connectivity index (χ0n) is 8.07. The van der Waals surface area contributed by atoms with E-state index in [1.165, 1.54) is 11.1 Å². The van der Waals surface area contributed by atoms with E-state index in [0.29, 0.717) is 0 Å². The minimum Gasteiger partial charge on any atom is -0.302 e. The second-order valence-corrected chi connectivity index (χ2v) is 3.25. The summed E-state index contributed by atoms with van der Waals surface area (Å²) in [5, 5.41) is 0. The summed E-state index contributed by atoms with van der Waals surface area (Å²) in [5.41, 5.74) is 14.2. The molecule has 1 aliphatic heterocycles. The average molecular weight is 177 g/mol. The summed E-state index contributed by atoms with van der Waals surface area (Å²) in [4.78, 5) is 0. The fourth-order valence-electron chi connectivity index (χ4n) is 1.72. The van der Waals surface area contributed by atoms with E-state index in [2.05, 4.69) is 42.4 Å². The molecular weight excluding hydrogens is 162 g/mol. The molecule has 1 aromatic rings. The zero-order chi connectivity index (χ0) is 9.26. The van der Waals surface area contributed by atoms with Crippen LogP contribution in [0.2, 0.25) is 0 Å². The third kappa shape index (κ3) is 1.35. The number of benzene rings is 1. The Hall–Kier alpha value is -1.22. The summed E-state index contributed by atoms with van der Waals surface area (Å²) in [7, 11) is 0. The zero-order valence-corrected chi connectivity index (χ0v) is 8.07. The Balaban J connectivity index is 2.47. The first-order valence-corrected chi connectivity index (χ1v) is 4.78. The molecule has 70 valence electrons. The number of anilines is 2. The molecule has 0 amide bonds. The second-order valence-electron chi connectivity index (χ2n) is 3.25. The smallest absolute Gasteiger partial charge is 0.0753 e. The topological polar surface area (TPSA) is 36.1 Å². The highest BCUT2D eigenvalue weighted by Gasteiger charge is 2.11. The molecule has 0 saturated carbocycles. The van der Waals surface area contributed by atoms with E-state index >= 15 is 0 Å². The van der Waals surface area contributed by atoms with Crippen LogP contribution >= 0.6 is 0 Å². The molecule has 3 N–H and O–H groups in total.